The summed E-state index contributed by atoms with van der Waals surface area (Å²) in [4.78, 5) is 16.9. The van der Waals surface area contributed by atoms with Crippen molar-refractivity contribution in [2.75, 3.05) is 6.61 Å². The number of aryl methyl sites for hydroxylation is 1. The number of aliphatic hydroxyl groups is 1. The van der Waals surface area contributed by atoms with Crippen molar-refractivity contribution in [3.8, 4) is 11.3 Å². The van der Waals surface area contributed by atoms with Crippen molar-refractivity contribution in [1.82, 2.24) is 10.3 Å². The first-order valence-electron chi connectivity index (χ1n) is 7.43. The van der Waals surface area contributed by atoms with E-state index in [0.717, 1.165) is 22.7 Å². The van der Waals surface area contributed by atoms with Crippen LogP contribution in [0.25, 0.3) is 11.3 Å². The molecule has 0 aliphatic rings. The quantitative estimate of drug-likeness (QED) is 0.858. The lowest BCUT2D eigenvalue weighted by atomic mass is 9.94. The van der Waals surface area contributed by atoms with Gasteiger partial charge in [0.05, 0.1) is 10.7 Å². The largest absolute Gasteiger partial charge is 0.396 e. The third-order valence-corrected chi connectivity index (χ3v) is 4.67. The van der Waals surface area contributed by atoms with Gasteiger partial charge in [-0.2, -0.15) is 0 Å². The number of hydrogen-bond donors (Lipinski definition) is 2. The molecule has 0 spiro atoms. The zero-order valence-electron chi connectivity index (χ0n) is 13.2. The molecule has 0 aliphatic heterocycles. The second-order valence-electron chi connectivity index (χ2n) is 5.67. The average Bonchev–Trinajstić information content (AvgIpc) is 2.94. The topological polar surface area (TPSA) is 62.2 Å². The van der Waals surface area contributed by atoms with Crippen LogP contribution >= 0.6 is 11.3 Å². The van der Waals surface area contributed by atoms with Crippen LogP contribution in [0.4, 0.5) is 0 Å². The standard InChI is InChI=1S/C17H22N2O2S/c1-4-17(3,8-9-20)19-16(21)14-7-5-6-13(10-14)15-11-22-12(2)18-15/h5-7,10-11,20H,4,8-9H2,1-3H3,(H,19,21). The number of nitrogens with zero attached hydrogens (tertiary/aromatic N) is 1. The van der Waals surface area contributed by atoms with Gasteiger partial charge < -0.3 is 10.4 Å². The van der Waals surface area contributed by atoms with Gasteiger partial charge >= 0.3 is 0 Å². The maximum atomic E-state index is 12.5. The third-order valence-electron chi connectivity index (χ3n) is 3.90. The maximum absolute atomic E-state index is 12.5. The molecule has 1 heterocycles. The van der Waals surface area contributed by atoms with Crippen LogP contribution in [-0.2, 0) is 0 Å². The molecule has 1 amide bonds. The highest BCUT2D eigenvalue weighted by Crippen LogP contribution is 2.23. The Morgan fingerprint density at radius 2 is 2.23 bits per heavy atom. The van der Waals surface area contributed by atoms with Crippen LogP contribution < -0.4 is 5.32 Å². The van der Waals surface area contributed by atoms with E-state index in [-0.39, 0.29) is 18.1 Å². The molecule has 0 saturated heterocycles. The highest BCUT2D eigenvalue weighted by Gasteiger charge is 2.24. The van der Waals surface area contributed by atoms with Crippen LogP contribution in [0, 0.1) is 6.92 Å². The number of carbonyl (C=O) groups is 1. The first-order valence-corrected chi connectivity index (χ1v) is 8.31. The van der Waals surface area contributed by atoms with Crippen molar-refractivity contribution in [1.29, 1.82) is 0 Å². The van der Waals surface area contributed by atoms with Gasteiger partial charge in [0, 0.05) is 28.7 Å². The Hall–Kier alpha value is -1.72. The summed E-state index contributed by atoms with van der Waals surface area (Å²) in [5.41, 5.74) is 2.06. The van der Waals surface area contributed by atoms with E-state index in [0.29, 0.717) is 12.0 Å². The summed E-state index contributed by atoms with van der Waals surface area (Å²) in [7, 11) is 0. The van der Waals surface area contributed by atoms with E-state index in [1.165, 1.54) is 0 Å². The summed E-state index contributed by atoms with van der Waals surface area (Å²) in [5.74, 6) is -0.119. The van der Waals surface area contributed by atoms with Crippen molar-refractivity contribution in [2.45, 2.75) is 39.2 Å². The lowest BCUT2D eigenvalue weighted by Crippen LogP contribution is -2.46. The monoisotopic (exact) mass is 318 g/mol. The van der Waals surface area contributed by atoms with E-state index >= 15 is 0 Å². The summed E-state index contributed by atoms with van der Waals surface area (Å²) in [6.45, 7) is 5.98. The van der Waals surface area contributed by atoms with Gasteiger partial charge in [-0.1, -0.05) is 19.1 Å². The fraction of sp³-hybridized carbons (Fsp3) is 0.412. The highest BCUT2D eigenvalue weighted by molar-refractivity contribution is 7.09. The lowest BCUT2D eigenvalue weighted by Gasteiger charge is -2.29. The predicted octanol–water partition coefficient (Wildman–Crippen LogP) is 3.40. The number of carbonyl (C=O) groups excluding carboxylic acids is 1. The molecule has 22 heavy (non-hydrogen) atoms. The van der Waals surface area contributed by atoms with Gasteiger partial charge in [-0.25, -0.2) is 4.98 Å². The lowest BCUT2D eigenvalue weighted by molar-refractivity contribution is 0.0886. The summed E-state index contributed by atoms with van der Waals surface area (Å²) < 4.78 is 0. The Labute approximate surface area is 135 Å². The maximum Gasteiger partial charge on any atom is 0.251 e. The van der Waals surface area contributed by atoms with Crippen molar-refractivity contribution in [3.63, 3.8) is 0 Å². The fourth-order valence-corrected chi connectivity index (χ4v) is 2.86. The van der Waals surface area contributed by atoms with Gasteiger partial charge in [0.1, 0.15) is 0 Å². The second-order valence-corrected chi connectivity index (χ2v) is 6.74. The Kier molecular flexibility index (Phi) is 5.32. The van der Waals surface area contributed by atoms with Gasteiger partial charge in [0.2, 0.25) is 0 Å². The zero-order valence-corrected chi connectivity index (χ0v) is 14.0. The van der Waals surface area contributed by atoms with Crippen molar-refractivity contribution >= 4 is 17.2 Å². The Morgan fingerprint density at radius 1 is 1.45 bits per heavy atom. The SMILES string of the molecule is CCC(C)(CCO)NC(=O)c1cccc(-c2csc(C)n2)c1. The summed E-state index contributed by atoms with van der Waals surface area (Å²) in [5, 5.41) is 15.2. The Bertz CT molecular complexity index is 654. The zero-order chi connectivity index (χ0) is 16.2. The molecular formula is C17H22N2O2S. The van der Waals surface area contributed by atoms with E-state index in [1.54, 1.807) is 17.4 Å². The Balaban J connectivity index is 2.20. The molecule has 2 rings (SSSR count). The van der Waals surface area contributed by atoms with Crippen LogP contribution in [0.3, 0.4) is 0 Å². The predicted molar refractivity (Wildman–Crippen MR) is 90.2 cm³/mol. The third kappa shape index (κ3) is 3.93. The number of aliphatic hydroxyl groups excluding tert-OH is 1. The van der Waals surface area contributed by atoms with Gasteiger partial charge in [-0.05, 0) is 38.8 Å². The number of nitrogens with one attached hydrogen (secondary N) is 1. The molecule has 118 valence electrons. The number of amides is 1. The first-order chi connectivity index (χ1) is 10.5. The molecule has 1 aromatic heterocycles. The molecule has 5 heteroatoms. The number of hydrogen-bond acceptors (Lipinski definition) is 4. The fourth-order valence-electron chi connectivity index (χ4n) is 2.24. The molecule has 2 aromatic rings. The molecule has 1 aromatic carbocycles. The van der Waals surface area contributed by atoms with Gasteiger partial charge in [-0.15, -0.1) is 11.3 Å². The van der Waals surface area contributed by atoms with E-state index < -0.39 is 0 Å². The summed E-state index contributed by atoms with van der Waals surface area (Å²) in [6.07, 6.45) is 1.31. The molecule has 0 aliphatic carbocycles. The summed E-state index contributed by atoms with van der Waals surface area (Å²) in [6, 6.07) is 7.48. The Morgan fingerprint density at radius 3 is 2.82 bits per heavy atom. The smallest absolute Gasteiger partial charge is 0.251 e. The van der Waals surface area contributed by atoms with Crippen molar-refractivity contribution in [2.24, 2.45) is 0 Å². The van der Waals surface area contributed by atoms with Crippen LogP contribution in [-0.4, -0.2) is 28.1 Å². The highest BCUT2D eigenvalue weighted by atomic mass is 32.1. The van der Waals surface area contributed by atoms with E-state index in [2.05, 4.69) is 10.3 Å². The van der Waals surface area contributed by atoms with Crippen LogP contribution in [0.5, 0.6) is 0 Å². The molecule has 1 unspecified atom stereocenters. The van der Waals surface area contributed by atoms with Crippen LogP contribution in [0.15, 0.2) is 29.6 Å². The molecule has 0 saturated carbocycles. The first kappa shape index (κ1) is 16.6. The van der Waals surface area contributed by atoms with Crippen LogP contribution in [0.2, 0.25) is 0 Å². The second kappa shape index (κ2) is 7.03. The number of rotatable bonds is 6. The minimum atomic E-state index is -0.390. The van der Waals surface area contributed by atoms with E-state index in [9.17, 15) is 4.79 Å². The molecule has 4 nitrogen and oxygen atoms in total. The molecule has 1 atom stereocenters. The number of aromatic nitrogens is 1. The molecule has 0 fully saturated rings. The summed E-state index contributed by atoms with van der Waals surface area (Å²) >= 11 is 1.59. The van der Waals surface area contributed by atoms with E-state index in [1.807, 2.05) is 44.4 Å². The minimum Gasteiger partial charge on any atom is -0.396 e. The molecule has 0 radical (unpaired) electrons. The minimum absolute atomic E-state index is 0.0583. The van der Waals surface area contributed by atoms with Crippen LogP contribution in [0.1, 0.15) is 42.1 Å². The van der Waals surface area contributed by atoms with Crippen molar-refractivity contribution < 1.29 is 9.90 Å². The van der Waals surface area contributed by atoms with Gasteiger partial charge in [0.15, 0.2) is 0 Å². The molecule has 0 bridgehead atoms. The number of benzene rings is 1. The van der Waals surface area contributed by atoms with Gasteiger partial charge in [0.25, 0.3) is 5.91 Å². The van der Waals surface area contributed by atoms with Gasteiger partial charge in [-0.3, -0.25) is 4.79 Å². The normalized spacial score (nSPS) is 13.6. The van der Waals surface area contributed by atoms with Crippen molar-refractivity contribution in [3.05, 3.63) is 40.2 Å². The average molecular weight is 318 g/mol. The molecular weight excluding hydrogens is 296 g/mol. The van der Waals surface area contributed by atoms with E-state index in [4.69, 9.17) is 5.11 Å². The molecule has 2 N–H and O–H groups in total. The number of thiazole rings is 1.